The first-order valence-electron chi connectivity index (χ1n) is 9.53. The third kappa shape index (κ3) is 3.65. The second-order valence-electron chi connectivity index (χ2n) is 7.17. The van der Waals surface area contributed by atoms with Crippen LogP contribution in [0.2, 0.25) is 0 Å². The van der Waals surface area contributed by atoms with Gasteiger partial charge in [-0.25, -0.2) is 9.18 Å². The number of nitrogens with zero attached hydrogens (tertiary/aromatic N) is 1. The zero-order valence-electron chi connectivity index (χ0n) is 15.8. The number of fused-ring (bicyclic) bond motifs is 1. The summed E-state index contributed by atoms with van der Waals surface area (Å²) in [6.45, 7) is 0. The number of rotatable bonds is 4. The van der Waals surface area contributed by atoms with Crippen molar-refractivity contribution in [1.82, 2.24) is 10.2 Å². The van der Waals surface area contributed by atoms with E-state index in [0.29, 0.717) is 0 Å². The van der Waals surface area contributed by atoms with Crippen LogP contribution in [0.25, 0.3) is 0 Å². The minimum absolute atomic E-state index is 0.0536. The van der Waals surface area contributed by atoms with Crippen molar-refractivity contribution in [3.05, 3.63) is 95.2 Å². The third-order valence-corrected chi connectivity index (χ3v) is 5.36. The van der Waals surface area contributed by atoms with E-state index in [0.717, 1.165) is 41.7 Å². The zero-order chi connectivity index (χ0) is 19.5. The van der Waals surface area contributed by atoms with E-state index in [2.05, 4.69) is 5.32 Å². The Labute approximate surface area is 164 Å². The Morgan fingerprint density at radius 3 is 2.57 bits per heavy atom. The van der Waals surface area contributed by atoms with Gasteiger partial charge in [-0.05, 0) is 42.2 Å². The summed E-state index contributed by atoms with van der Waals surface area (Å²) in [6, 6.07) is 17.5. The number of carbonyl (C=O) groups excluding carboxylic acids is 1. The average molecular weight is 378 g/mol. The second kappa shape index (κ2) is 7.89. The predicted molar refractivity (Wildman–Crippen MR) is 105 cm³/mol. The number of halogens is 1. The molecule has 1 aromatic heterocycles. The Bertz CT molecular complexity index is 937. The Kier molecular flexibility index (Phi) is 5.15. The molecule has 0 saturated carbocycles. The van der Waals surface area contributed by atoms with Crippen molar-refractivity contribution in [2.45, 2.75) is 31.3 Å². The molecule has 2 aromatic carbocycles. The first-order valence-corrected chi connectivity index (χ1v) is 9.53. The molecule has 2 unspecified atom stereocenters. The van der Waals surface area contributed by atoms with Gasteiger partial charge in [0.1, 0.15) is 11.6 Å². The van der Waals surface area contributed by atoms with Crippen molar-refractivity contribution >= 4 is 6.03 Å². The molecule has 5 heteroatoms. The van der Waals surface area contributed by atoms with Crippen LogP contribution in [0.4, 0.5) is 9.18 Å². The van der Waals surface area contributed by atoms with Gasteiger partial charge < -0.3 is 14.6 Å². The lowest BCUT2D eigenvalue weighted by Crippen LogP contribution is -2.42. The minimum Gasteiger partial charge on any atom is -0.469 e. The summed E-state index contributed by atoms with van der Waals surface area (Å²) in [4.78, 5) is 14.8. The summed E-state index contributed by atoms with van der Waals surface area (Å²) in [7, 11) is 1.77. The van der Waals surface area contributed by atoms with E-state index in [1.807, 2.05) is 36.4 Å². The van der Waals surface area contributed by atoms with Crippen molar-refractivity contribution in [3.8, 4) is 0 Å². The van der Waals surface area contributed by atoms with Crippen molar-refractivity contribution in [2.75, 3.05) is 7.05 Å². The quantitative estimate of drug-likeness (QED) is 0.676. The Morgan fingerprint density at radius 2 is 1.82 bits per heavy atom. The summed E-state index contributed by atoms with van der Waals surface area (Å²) in [5.41, 5.74) is 2.89. The molecule has 0 saturated heterocycles. The van der Waals surface area contributed by atoms with Crippen molar-refractivity contribution < 1.29 is 13.6 Å². The second-order valence-corrected chi connectivity index (χ2v) is 7.17. The maximum atomic E-state index is 13.4. The average Bonchev–Trinajstić information content (AvgIpc) is 3.20. The molecule has 1 heterocycles. The van der Waals surface area contributed by atoms with Crippen LogP contribution in [0.5, 0.6) is 0 Å². The van der Waals surface area contributed by atoms with Gasteiger partial charge in [0.05, 0.1) is 18.3 Å². The Morgan fingerprint density at radius 1 is 1.11 bits per heavy atom. The third-order valence-electron chi connectivity index (χ3n) is 5.36. The van der Waals surface area contributed by atoms with Gasteiger partial charge in [0.25, 0.3) is 0 Å². The maximum Gasteiger partial charge on any atom is 0.318 e. The van der Waals surface area contributed by atoms with Crippen LogP contribution in [0.3, 0.4) is 0 Å². The minimum atomic E-state index is -0.311. The topological polar surface area (TPSA) is 45.5 Å². The van der Waals surface area contributed by atoms with E-state index in [1.165, 1.54) is 12.1 Å². The van der Waals surface area contributed by atoms with Crippen molar-refractivity contribution in [3.63, 3.8) is 0 Å². The smallest absolute Gasteiger partial charge is 0.318 e. The van der Waals surface area contributed by atoms with E-state index in [1.54, 1.807) is 30.3 Å². The number of aryl methyl sites for hydroxylation is 1. The van der Waals surface area contributed by atoms with Gasteiger partial charge in [0.15, 0.2) is 0 Å². The van der Waals surface area contributed by atoms with Crippen LogP contribution < -0.4 is 5.32 Å². The molecule has 0 fully saturated rings. The SMILES string of the molecule is CN(C(=O)NC1CCCc2occc21)C(c1ccccc1)c1ccc(F)cc1. The van der Waals surface area contributed by atoms with Crippen LogP contribution in [-0.2, 0) is 6.42 Å². The molecule has 4 nitrogen and oxygen atoms in total. The van der Waals surface area contributed by atoms with Crippen molar-refractivity contribution in [2.24, 2.45) is 0 Å². The van der Waals surface area contributed by atoms with Gasteiger partial charge in [0.2, 0.25) is 0 Å². The fraction of sp³-hybridized carbons (Fsp3) is 0.261. The van der Waals surface area contributed by atoms with Gasteiger partial charge in [-0.1, -0.05) is 42.5 Å². The molecule has 0 bridgehead atoms. The molecule has 1 aliphatic rings. The number of benzene rings is 2. The maximum absolute atomic E-state index is 13.4. The van der Waals surface area contributed by atoms with Gasteiger partial charge in [-0.2, -0.15) is 0 Å². The molecular formula is C23H23FN2O2. The van der Waals surface area contributed by atoms with Gasteiger partial charge in [-0.15, -0.1) is 0 Å². The molecule has 0 aliphatic heterocycles. The highest BCUT2D eigenvalue weighted by Gasteiger charge is 2.28. The number of furan rings is 1. The first-order chi connectivity index (χ1) is 13.6. The lowest BCUT2D eigenvalue weighted by molar-refractivity contribution is 0.192. The summed E-state index contributed by atoms with van der Waals surface area (Å²) < 4.78 is 19.0. The molecule has 1 N–H and O–H groups in total. The molecule has 0 radical (unpaired) electrons. The molecule has 3 aromatic rings. The van der Waals surface area contributed by atoms with E-state index in [9.17, 15) is 9.18 Å². The highest BCUT2D eigenvalue weighted by atomic mass is 19.1. The lowest BCUT2D eigenvalue weighted by atomic mass is 9.93. The van der Waals surface area contributed by atoms with Gasteiger partial charge in [0, 0.05) is 19.0 Å². The fourth-order valence-electron chi connectivity index (χ4n) is 3.92. The predicted octanol–water partition coefficient (Wildman–Crippen LogP) is 5.23. The molecule has 144 valence electrons. The Balaban J connectivity index is 1.60. The summed E-state index contributed by atoms with van der Waals surface area (Å²) >= 11 is 0. The Hall–Kier alpha value is -3.08. The molecule has 2 atom stereocenters. The molecule has 2 amide bonds. The van der Waals surface area contributed by atoms with Crippen LogP contribution >= 0.6 is 0 Å². The highest BCUT2D eigenvalue weighted by Crippen LogP contribution is 2.32. The normalized spacial score (nSPS) is 16.9. The van der Waals surface area contributed by atoms with E-state index in [4.69, 9.17) is 4.42 Å². The van der Waals surface area contributed by atoms with Crippen LogP contribution in [0.1, 0.15) is 47.4 Å². The van der Waals surface area contributed by atoms with E-state index >= 15 is 0 Å². The van der Waals surface area contributed by atoms with Crippen LogP contribution in [-0.4, -0.2) is 18.0 Å². The van der Waals surface area contributed by atoms with Crippen LogP contribution in [0.15, 0.2) is 71.3 Å². The van der Waals surface area contributed by atoms with Crippen molar-refractivity contribution in [1.29, 1.82) is 0 Å². The molecular weight excluding hydrogens is 355 g/mol. The number of amides is 2. The number of hydrogen-bond donors (Lipinski definition) is 1. The number of hydrogen-bond acceptors (Lipinski definition) is 2. The zero-order valence-corrected chi connectivity index (χ0v) is 15.8. The monoisotopic (exact) mass is 378 g/mol. The van der Waals surface area contributed by atoms with Gasteiger partial charge in [-0.3, -0.25) is 0 Å². The van der Waals surface area contributed by atoms with Gasteiger partial charge >= 0.3 is 6.03 Å². The number of carbonyl (C=O) groups is 1. The largest absolute Gasteiger partial charge is 0.469 e. The molecule has 4 rings (SSSR count). The fourth-order valence-corrected chi connectivity index (χ4v) is 3.92. The number of urea groups is 1. The van der Waals surface area contributed by atoms with Crippen LogP contribution in [0, 0.1) is 5.82 Å². The highest BCUT2D eigenvalue weighted by molar-refractivity contribution is 5.75. The summed E-state index contributed by atoms with van der Waals surface area (Å²) in [5, 5.41) is 3.15. The standard InChI is InChI=1S/C23H23FN2O2/c1-26(23(27)25-20-8-5-9-21-19(20)14-15-28-21)22(16-6-3-2-4-7-16)17-10-12-18(24)13-11-17/h2-4,6-7,10-15,20,22H,5,8-9H2,1H3,(H,25,27). The lowest BCUT2D eigenvalue weighted by Gasteiger charge is -2.32. The number of nitrogens with one attached hydrogen (secondary N) is 1. The summed E-state index contributed by atoms with van der Waals surface area (Å²) in [6.07, 6.45) is 4.46. The summed E-state index contributed by atoms with van der Waals surface area (Å²) in [5.74, 6) is 0.662. The van der Waals surface area contributed by atoms with E-state index in [-0.39, 0.29) is 23.9 Å². The molecule has 28 heavy (non-hydrogen) atoms. The van der Waals surface area contributed by atoms with E-state index < -0.39 is 0 Å². The first kappa shape index (κ1) is 18.3. The molecule has 1 aliphatic carbocycles. The molecule has 0 spiro atoms.